The van der Waals surface area contributed by atoms with Gasteiger partial charge in [-0.3, -0.25) is 9.69 Å². The molecule has 0 heterocycles. The molecule has 4 heteroatoms. The minimum Gasteiger partial charge on any atom is -0.468 e. The van der Waals surface area contributed by atoms with Crippen molar-refractivity contribution >= 4 is 5.97 Å². The quantitative estimate of drug-likeness (QED) is 0.629. The molecule has 0 bridgehead atoms. The number of methoxy groups -OCH3 is 1. The van der Waals surface area contributed by atoms with Crippen LogP contribution in [-0.2, 0) is 9.53 Å². The third kappa shape index (κ3) is 3.27. The van der Waals surface area contributed by atoms with Crippen molar-refractivity contribution < 1.29 is 9.53 Å². The number of carbonyl (C=O) groups excluding carboxylic acids is 1. The molecule has 0 saturated heterocycles. The number of carbonyl (C=O) groups is 1. The van der Waals surface area contributed by atoms with Gasteiger partial charge in [-0.15, -0.1) is 0 Å². The number of hydrogen-bond donors (Lipinski definition) is 1. The molecule has 1 rings (SSSR count). The third-order valence-corrected chi connectivity index (χ3v) is 2.51. The van der Waals surface area contributed by atoms with Gasteiger partial charge in [0.2, 0.25) is 0 Å². The van der Waals surface area contributed by atoms with Crippen LogP contribution in [0.5, 0.6) is 0 Å². The van der Waals surface area contributed by atoms with Crippen LogP contribution in [0.1, 0.15) is 26.2 Å². The van der Waals surface area contributed by atoms with Crippen molar-refractivity contribution in [1.29, 1.82) is 0 Å². The lowest BCUT2D eigenvalue weighted by Crippen LogP contribution is -2.44. The zero-order chi connectivity index (χ0) is 10.6. The lowest BCUT2D eigenvalue weighted by molar-refractivity contribution is -0.142. The second kappa shape index (κ2) is 5.32. The van der Waals surface area contributed by atoms with E-state index in [4.69, 9.17) is 5.73 Å². The first-order valence-electron chi connectivity index (χ1n) is 5.26. The highest BCUT2D eigenvalue weighted by Crippen LogP contribution is 2.26. The van der Waals surface area contributed by atoms with E-state index in [2.05, 4.69) is 16.6 Å². The van der Waals surface area contributed by atoms with Crippen LogP contribution >= 0.6 is 0 Å². The summed E-state index contributed by atoms with van der Waals surface area (Å²) in [5.74, 6) is -0.313. The molecule has 4 nitrogen and oxygen atoms in total. The Labute approximate surface area is 85.4 Å². The van der Waals surface area contributed by atoms with Crippen molar-refractivity contribution in [3.63, 3.8) is 0 Å². The molecular formula is C10H20N2O2. The molecule has 1 atom stereocenters. The molecule has 2 N–H and O–H groups in total. The van der Waals surface area contributed by atoms with Crippen LogP contribution in [0.15, 0.2) is 0 Å². The maximum absolute atomic E-state index is 11.1. The van der Waals surface area contributed by atoms with Gasteiger partial charge in [-0.05, 0) is 25.8 Å². The Bertz CT molecular complexity index is 193. The van der Waals surface area contributed by atoms with E-state index in [1.165, 1.54) is 20.0 Å². The van der Waals surface area contributed by atoms with Gasteiger partial charge in [0, 0.05) is 12.6 Å². The largest absolute Gasteiger partial charge is 0.468 e. The van der Waals surface area contributed by atoms with Crippen molar-refractivity contribution in [1.82, 2.24) is 4.90 Å². The van der Waals surface area contributed by atoms with Crippen molar-refractivity contribution in [3.8, 4) is 0 Å². The van der Waals surface area contributed by atoms with E-state index in [0.717, 1.165) is 13.0 Å². The summed E-state index contributed by atoms with van der Waals surface area (Å²) in [6.07, 6.45) is 3.59. The van der Waals surface area contributed by atoms with E-state index in [0.29, 0.717) is 12.6 Å². The van der Waals surface area contributed by atoms with Gasteiger partial charge >= 0.3 is 5.97 Å². The fourth-order valence-corrected chi connectivity index (χ4v) is 1.63. The molecule has 0 spiro atoms. The summed E-state index contributed by atoms with van der Waals surface area (Å²) in [4.78, 5) is 13.4. The summed E-state index contributed by atoms with van der Waals surface area (Å²) < 4.78 is 4.60. The molecule has 14 heavy (non-hydrogen) atoms. The number of nitrogens with two attached hydrogens (primary N) is 1. The summed E-state index contributed by atoms with van der Waals surface area (Å²) in [6, 6.07) is 0.165. The Morgan fingerprint density at radius 3 is 2.71 bits per heavy atom. The highest BCUT2D eigenvalue weighted by Gasteiger charge is 2.30. The lowest BCUT2D eigenvalue weighted by atomic mass is 10.2. The summed E-state index contributed by atoms with van der Waals surface area (Å²) in [5, 5.41) is 0. The smallest absolute Gasteiger partial charge is 0.323 e. The second-order valence-electron chi connectivity index (χ2n) is 3.86. The minimum atomic E-state index is -0.493. The lowest BCUT2D eigenvalue weighted by Gasteiger charge is -2.23. The van der Waals surface area contributed by atoms with Gasteiger partial charge in [-0.2, -0.15) is 0 Å². The van der Waals surface area contributed by atoms with Crippen LogP contribution < -0.4 is 5.73 Å². The molecular weight excluding hydrogens is 180 g/mol. The Morgan fingerprint density at radius 1 is 1.64 bits per heavy atom. The number of esters is 1. The molecule has 1 fully saturated rings. The molecule has 82 valence electrons. The zero-order valence-electron chi connectivity index (χ0n) is 9.03. The molecule has 0 amide bonds. The molecule has 1 aliphatic carbocycles. The molecule has 0 aliphatic heterocycles. The van der Waals surface area contributed by atoms with Gasteiger partial charge in [0.05, 0.1) is 7.11 Å². The van der Waals surface area contributed by atoms with Gasteiger partial charge in [0.1, 0.15) is 6.04 Å². The van der Waals surface area contributed by atoms with Gasteiger partial charge < -0.3 is 10.5 Å². The average Bonchev–Trinajstić information content (AvgIpc) is 2.99. The van der Waals surface area contributed by atoms with Crippen molar-refractivity contribution in [2.24, 2.45) is 5.73 Å². The second-order valence-corrected chi connectivity index (χ2v) is 3.86. The van der Waals surface area contributed by atoms with E-state index >= 15 is 0 Å². The SMILES string of the molecule is CCCN(CC(N)C(=O)OC)C1CC1. The summed E-state index contributed by atoms with van der Waals surface area (Å²) in [5.41, 5.74) is 5.71. The minimum absolute atomic E-state index is 0.313. The van der Waals surface area contributed by atoms with E-state index in [1.54, 1.807) is 0 Å². The van der Waals surface area contributed by atoms with Crippen LogP contribution in [0.3, 0.4) is 0 Å². The van der Waals surface area contributed by atoms with Crippen LogP contribution in [0, 0.1) is 0 Å². The molecule has 1 saturated carbocycles. The van der Waals surface area contributed by atoms with Crippen molar-refractivity contribution in [2.75, 3.05) is 20.2 Å². The van der Waals surface area contributed by atoms with Crippen LogP contribution in [-0.4, -0.2) is 43.2 Å². The van der Waals surface area contributed by atoms with Crippen LogP contribution in [0.25, 0.3) is 0 Å². The van der Waals surface area contributed by atoms with Crippen molar-refractivity contribution in [2.45, 2.75) is 38.3 Å². The summed E-state index contributed by atoms with van der Waals surface area (Å²) in [7, 11) is 1.38. The topological polar surface area (TPSA) is 55.6 Å². The Hall–Kier alpha value is -0.610. The summed E-state index contributed by atoms with van der Waals surface area (Å²) in [6.45, 7) is 3.79. The molecule has 1 unspecified atom stereocenters. The maximum atomic E-state index is 11.1. The van der Waals surface area contributed by atoms with E-state index < -0.39 is 6.04 Å². The first-order valence-corrected chi connectivity index (χ1v) is 5.26. The molecule has 0 aromatic heterocycles. The maximum Gasteiger partial charge on any atom is 0.323 e. The number of hydrogen-bond acceptors (Lipinski definition) is 4. The normalized spacial score (nSPS) is 18.3. The Morgan fingerprint density at radius 2 is 2.29 bits per heavy atom. The van der Waals surface area contributed by atoms with E-state index in [9.17, 15) is 4.79 Å². The fraction of sp³-hybridized carbons (Fsp3) is 0.900. The van der Waals surface area contributed by atoms with Gasteiger partial charge in [-0.25, -0.2) is 0 Å². The van der Waals surface area contributed by atoms with E-state index in [1.807, 2.05) is 0 Å². The summed E-state index contributed by atoms with van der Waals surface area (Å²) >= 11 is 0. The predicted molar refractivity (Wildman–Crippen MR) is 54.9 cm³/mol. The predicted octanol–water partition coefficient (Wildman–Crippen LogP) is 0.361. The third-order valence-electron chi connectivity index (χ3n) is 2.51. The monoisotopic (exact) mass is 200 g/mol. The molecule has 0 aromatic rings. The standard InChI is InChI=1S/C10H20N2O2/c1-3-6-12(8-4-5-8)7-9(11)10(13)14-2/h8-9H,3-7,11H2,1-2H3. The number of ether oxygens (including phenoxy) is 1. The molecule has 0 aromatic carbocycles. The highest BCUT2D eigenvalue weighted by atomic mass is 16.5. The van der Waals surface area contributed by atoms with Gasteiger partial charge in [-0.1, -0.05) is 6.92 Å². The highest BCUT2D eigenvalue weighted by molar-refractivity contribution is 5.75. The fourth-order valence-electron chi connectivity index (χ4n) is 1.63. The number of rotatable bonds is 6. The number of nitrogens with zero attached hydrogens (tertiary/aromatic N) is 1. The zero-order valence-corrected chi connectivity index (χ0v) is 9.03. The molecule has 0 radical (unpaired) electrons. The van der Waals surface area contributed by atoms with Crippen molar-refractivity contribution in [3.05, 3.63) is 0 Å². The van der Waals surface area contributed by atoms with Crippen LogP contribution in [0.4, 0.5) is 0 Å². The Balaban J connectivity index is 2.33. The first-order chi connectivity index (χ1) is 6.69. The molecule has 1 aliphatic rings. The van der Waals surface area contributed by atoms with Gasteiger partial charge in [0.25, 0.3) is 0 Å². The van der Waals surface area contributed by atoms with Crippen LogP contribution in [0.2, 0.25) is 0 Å². The van der Waals surface area contributed by atoms with Gasteiger partial charge in [0.15, 0.2) is 0 Å². The first kappa shape index (κ1) is 11.5. The van der Waals surface area contributed by atoms with E-state index in [-0.39, 0.29) is 5.97 Å². The Kier molecular flexibility index (Phi) is 4.35. The average molecular weight is 200 g/mol.